The summed E-state index contributed by atoms with van der Waals surface area (Å²) in [6.45, 7) is 2.38. The van der Waals surface area contributed by atoms with Crippen molar-refractivity contribution < 1.29 is 9.59 Å². The number of rotatable bonds is 9. The average Bonchev–Trinajstić information content (AvgIpc) is 2.51. The molecule has 136 valence electrons. The normalized spacial score (nSPS) is 12.7. The fourth-order valence-electron chi connectivity index (χ4n) is 1.93. The maximum atomic E-state index is 12.3. The molecule has 1 rings (SSSR count). The van der Waals surface area contributed by atoms with Crippen LogP contribution in [-0.2, 0) is 4.79 Å². The van der Waals surface area contributed by atoms with E-state index in [0.717, 1.165) is 5.75 Å². The molecular weight excluding hydrogens is 369 g/mol. The molecule has 0 fully saturated rings. The van der Waals surface area contributed by atoms with Crippen LogP contribution in [0.3, 0.4) is 0 Å². The van der Waals surface area contributed by atoms with Gasteiger partial charge in [-0.2, -0.15) is 11.8 Å². The number of benzene rings is 1. The van der Waals surface area contributed by atoms with Gasteiger partial charge in [0.1, 0.15) is 6.04 Å². The Morgan fingerprint density at radius 2 is 1.96 bits per heavy atom. The van der Waals surface area contributed by atoms with E-state index in [-0.39, 0.29) is 30.3 Å². The summed E-state index contributed by atoms with van der Waals surface area (Å²) in [6, 6.07) is 6.22. The summed E-state index contributed by atoms with van der Waals surface area (Å²) in [5.74, 6) is 0.234. The number of thioether (sulfide) groups is 1. The van der Waals surface area contributed by atoms with Crippen LogP contribution in [0, 0.1) is 0 Å². The molecule has 0 aliphatic heterocycles. The molecule has 0 spiro atoms. The summed E-state index contributed by atoms with van der Waals surface area (Å²) in [6.07, 6.45) is 3.21. The lowest BCUT2D eigenvalue weighted by Crippen LogP contribution is -2.47. The highest BCUT2D eigenvalue weighted by Crippen LogP contribution is 2.15. The molecule has 2 atom stereocenters. The minimum absolute atomic E-state index is 0. The molecule has 0 aliphatic carbocycles. The van der Waals surface area contributed by atoms with Gasteiger partial charge >= 0.3 is 0 Å². The number of carbonyl (C=O) groups is 2. The van der Waals surface area contributed by atoms with Gasteiger partial charge < -0.3 is 16.4 Å². The Labute approximate surface area is 158 Å². The second-order valence-corrected chi connectivity index (χ2v) is 6.74. The van der Waals surface area contributed by atoms with E-state index in [1.165, 1.54) is 0 Å². The summed E-state index contributed by atoms with van der Waals surface area (Å²) < 4.78 is 0. The largest absolute Gasteiger partial charge is 0.354 e. The van der Waals surface area contributed by atoms with Crippen LogP contribution in [0.25, 0.3) is 0 Å². The molecule has 0 aromatic heterocycles. The van der Waals surface area contributed by atoms with E-state index in [4.69, 9.17) is 17.3 Å². The van der Waals surface area contributed by atoms with E-state index in [9.17, 15) is 9.59 Å². The first-order valence-corrected chi connectivity index (χ1v) is 9.30. The lowest BCUT2D eigenvalue weighted by atomic mass is 10.1. The molecule has 0 aliphatic rings. The molecule has 0 saturated heterocycles. The van der Waals surface area contributed by atoms with E-state index in [2.05, 4.69) is 10.6 Å². The minimum Gasteiger partial charge on any atom is -0.354 e. The first kappa shape index (κ1) is 23.1. The van der Waals surface area contributed by atoms with Crippen LogP contribution in [-0.4, -0.2) is 42.5 Å². The van der Waals surface area contributed by atoms with E-state index in [0.29, 0.717) is 30.0 Å². The number of nitrogens with two attached hydrogens (primary N) is 1. The highest BCUT2D eigenvalue weighted by Gasteiger charge is 2.21. The van der Waals surface area contributed by atoms with Crippen LogP contribution < -0.4 is 16.4 Å². The lowest BCUT2D eigenvalue weighted by molar-refractivity contribution is -0.123. The number of halogens is 2. The number of amides is 2. The van der Waals surface area contributed by atoms with Gasteiger partial charge in [0.05, 0.1) is 10.6 Å². The third-order valence-corrected chi connectivity index (χ3v) is 4.22. The Morgan fingerprint density at radius 3 is 2.54 bits per heavy atom. The van der Waals surface area contributed by atoms with Gasteiger partial charge in [-0.3, -0.25) is 9.59 Å². The predicted octanol–water partition coefficient (Wildman–Crippen LogP) is 2.47. The van der Waals surface area contributed by atoms with Gasteiger partial charge in [-0.15, -0.1) is 12.4 Å². The van der Waals surface area contributed by atoms with Gasteiger partial charge in [0, 0.05) is 12.6 Å². The highest BCUT2D eigenvalue weighted by atomic mass is 35.5. The number of carbonyl (C=O) groups excluding carboxylic acids is 2. The Balaban J connectivity index is 0.00000529. The van der Waals surface area contributed by atoms with E-state index in [1.807, 2.05) is 13.2 Å². The van der Waals surface area contributed by atoms with Gasteiger partial charge in [-0.1, -0.05) is 23.7 Å². The molecule has 2 unspecified atom stereocenters. The first-order valence-electron chi connectivity index (χ1n) is 7.53. The Morgan fingerprint density at radius 1 is 1.29 bits per heavy atom. The summed E-state index contributed by atoms with van der Waals surface area (Å²) in [5.41, 5.74) is 6.04. The van der Waals surface area contributed by atoms with Crippen molar-refractivity contribution in [2.45, 2.75) is 31.8 Å². The zero-order valence-electron chi connectivity index (χ0n) is 13.9. The zero-order valence-corrected chi connectivity index (χ0v) is 16.3. The summed E-state index contributed by atoms with van der Waals surface area (Å²) in [5, 5.41) is 5.95. The molecule has 0 bridgehead atoms. The van der Waals surface area contributed by atoms with Gasteiger partial charge in [0.15, 0.2) is 0 Å². The monoisotopic (exact) mass is 393 g/mol. The highest BCUT2D eigenvalue weighted by molar-refractivity contribution is 7.98. The van der Waals surface area contributed by atoms with E-state index < -0.39 is 6.04 Å². The summed E-state index contributed by atoms with van der Waals surface area (Å²) in [7, 11) is 0. The van der Waals surface area contributed by atoms with Gasteiger partial charge in [0.25, 0.3) is 5.91 Å². The molecule has 0 saturated carbocycles. The molecule has 0 heterocycles. The van der Waals surface area contributed by atoms with Crippen molar-refractivity contribution in [3.05, 3.63) is 34.9 Å². The third-order valence-electron chi connectivity index (χ3n) is 3.25. The molecule has 4 N–H and O–H groups in total. The van der Waals surface area contributed by atoms with Gasteiger partial charge in [-0.05, 0) is 43.9 Å². The zero-order chi connectivity index (χ0) is 17.2. The minimum atomic E-state index is -0.584. The average molecular weight is 394 g/mol. The molecule has 2 amide bonds. The van der Waals surface area contributed by atoms with Gasteiger partial charge in [-0.25, -0.2) is 0 Å². The van der Waals surface area contributed by atoms with Crippen LogP contribution in [0.2, 0.25) is 5.02 Å². The first-order chi connectivity index (χ1) is 11.0. The maximum absolute atomic E-state index is 12.3. The third kappa shape index (κ3) is 8.24. The number of hydrogen-bond acceptors (Lipinski definition) is 4. The Kier molecular flexibility index (Phi) is 11.9. The quantitative estimate of drug-likeness (QED) is 0.601. The van der Waals surface area contributed by atoms with Crippen molar-refractivity contribution in [2.24, 2.45) is 5.73 Å². The fraction of sp³-hybridized carbons (Fsp3) is 0.500. The SMILES string of the molecule is CSCCC(NC(=O)c1ccccc1Cl)C(=O)NCCC(C)N.Cl. The van der Waals surface area contributed by atoms with Gasteiger partial charge in [0.2, 0.25) is 5.91 Å². The topological polar surface area (TPSA) is 84.2 Å². The van der Waals surface area contributed by atoms with Crippen molar-refractivity contribution in [3.63, 3.8) is 0 Å². The van der Waals surface area contributed by atoms with Crippen molar-refractivity contribution in [1.29, 1.82) is 0 Å². The standard InChI is InChI=1S/C16H24ClN3O2S.ClH/c1-11(18)7-9-19-16(22)14(8-10-23-2)20-15(21)12-5-3-4-6-13(12)17;/h3-6,11,14H,7-10,18H2,1-2H3,(H,19,22)(H,20,21);1H. The predicted molar refractivity (Wildman–Crippen MR) is 104 cm³/mol. The smallest absolute Gasteiger partial charge is 0.253 e. The van der Waals surface area contributed by atoms with Crippen LogP contribution in [0.5, 0.6) is 0 Å². The Hall–Kier alpha value is -0.950. The molecular formula is C16H25Cl2N3O2S. The molecule has 1 aromatic carbocycles. The van der Waals surface area contributed by atoms with Crippen LogP contribution >= 0.6 is 35.8 Å². The Bertz CT molecular complexity index is 530. The van der Waals surface area contributed by atoms with Crippen molar-refractivity contribution in [3.8, 4) is 0 Å². The molecule has 24 heavy (non-hydrogen) atoms. The van der Waals surface area contributed by atoms with Crippen molar-refractivity contribution in [1.82, 2.24) is 10.6 Å². The number of nitrogens with one attached hydrogen (secondary N) is 2. The molecule has 8 heteroatoms. The van der Waals surface area contributed by atoms with Crippen LogP contribution in [0.1, 0.15) is 30.1 Å². The molecule has 0 radical (unpaired) electrons. The summed E-state index contributed by atoms with van der Waals surface area (Å²) in [4.78, 5) is 24.6. The second kappa shape index (κ2) is 12.4. The van der Waals surface area contributed by atoms with Crippen LogP contribution in [0.15, 0.2) is 24.3 Å². The summed E-state index contributed by atoms with van der Waals surface area (Å²) >= 11 is 7.65. The van der Waals surface area contributed by atoms with Crippen LogP contribution in [0.4, 0.5) is 0 Å². The van der Waals surface area contributed by atoms with E-state index in [1.54, 1.807) is 36.0 Å². The van der Waals surface area contributed by atoms with Crippen molar-refractivity contribution >= 4 is 47.6 Å². The number of hydrogen-bond donors (Lipinski definition) is 3. The molecule has 1 aromatic rings. The van der Waals surface area contributed by atoms with Crippen molar-refractivity contribution in [2.75, 3.05) is 18.6 Å². The second-order valence-electron chi connectivity index (χ2n) is 5.34. The fourth-order valence-corrected chi connectivity index (χ4v) is 2.63. The maximum Gasteiger partial charge on any atom is 0.253 e. The molecule has 5 nitrogen and oxygen atoms in total. The lowest BCUT2D eigenvalue weighted by Gasteiger charge is -2.19. The van der Waals surface area contributed by atoms with E-state index >= 15 is 0 Å².